The first-order valence-corrected chi connectivity index (χ1v) is 9.97. The Kier molecular flexibility index (Phi) is 6.15. The summed E-state index contributed by atoms with van der Waals surface area (Å²) in [7, 11) is 0. The summed E-state index contributed by atoms with van der Waals surface area (Å²) in [6.07, 6.45) is 0. The molecule has 0 heterocycles. The third kappa shape index (κ3) is 4.77. The van der Waals surface area contributed by atoms with Crippen molar-refractivity contribution in [3.8, 4) is 29.4 Å². The predicted octanol–water partition coefficient (Wildman–Crippen LogP) is 6.46. The molecule has 0 bridgehead atoms. The van der Waals surface area contributed by atoms with Crippen LogP contribution in [0.4, 0.5) is 13.2 Å². The number of ether oxygens (including phenoxy) is 1. The van der Waals surface area contributed by atoms with Crippen molar-refractivity contribution in [3.63, 3.8) is 0 Å². The van der Waals surface area contributed by atoms with Gasteiger partial charge in [0, 0.05) is 27.6 Å². The van der Waals surface area contributed by atoms with E-state index in [9.17, 15) is 13.2 Å². The summed E-state index contributed by atoms with van der Waals surface area (Å²) in [5.74, 6) is 9.12. The number of fused-ring (bicyclic) bond motifs is 1. The highest BCUT2D eigenvalue weighted by atomic mass is 19.2. The van der Waals surface area contributed by atoms with Gasteiger partial charge in [-0.1, -0.05) is 29.7 Å². The molecule has 0 aliphatic rings. The molecule has 156 valence electrons. The molecule has 0 fully saturated rings. The van der Waals surface area contributed by atoms with E-state index in [2.05, 4.69) is 23.7 Å². The van der Waals surface area contributed by atoms with E-state index in [0.717, 1.165) is 28.5 Å². The summed E-state index contributed by atoms with van der Waals surface area (Å²) < 4.78 is 46.1. The maximum absolute atomic E-state index is 13.8. The lowest BCUT2D eigenvalue weighted by atomic mass is 10.1. The molecule has 0 saturated carbocycles. The highest BCUT2D eigenvalue weighted by Crippen LogP contribution is 2.24. The second-order valence-electron chi connectivity index (χ2n) is 6.96. The lowest BCUT2D eigenvalue weighted by Crippen LogP contribution is -1.92. The van der Waals surface area contributed by atoms with Crippen molar-refractivity contribution < 1.29 is 17.9 Å². The molecule has 0 unspecified atom stereocenters. The largest absolute Gasteiger partial charge is 0.494 e. The zero-order chi connectivity index (χ0) is 22.5. The Balaban J connectivity index is 1.50. The van der Waals surface area contributed by atoms with E-state index < -0.39 is 17.5 Å². The Bertz CT molecular complexity index is 1400. The predicted molar refractivity (Wildman–Crippen MR) is 120 cm³/mol. The molecular formula is C28H17F3O. The topological polar surface area (TPSA) is 9.23 Å². The van der Waals surface area contributed by atoms with Gasteiger partial charge in [-0.05, 0) is 79.0 Å². The average Bonchev–Trinajstić information content (AvgIpc) is 2.81. The normalized spacial score (nSPS) is 10.1. The fourth-order valence-corrected chi connectivity index (χ4v) is 3.11. The fourth-order valence-electron chi connectivity index (χ4n) is 3.11. The molecule has 0 N–H and O–H groups in total. The van der Waals surface area contributed by atoms with Crippen molar-refractivity contribution >= 4 is 10.8 Å². The minimum absolute atomic E-state index is 0.0184. The van der Waals surface area contributed by atoms with Crippen molar-refractivity contribution in [2.75, 3.05) is 6.61 Å². The van der Waals surface area contributed by atoms with Crippen LogP contribution in [0.15, 0.2) is 72.8 Å². The number of hydrogen-bond donors (Lipinski definition) is 0. The van der Waals surface area contributed by atoms with Gasteiger partial charge < -0.3 is 4.74 Å². The first kappa shape index (κ1) is 21.1. The van der Waals surface area contributed by atoms with Crippen molar-refractivity contribution in [2.24, 2.45) is 0 Å². The van der Waals surface area contributed by atoms with E-state index >= 15 is 0 Å². The summed E-state index contributed by atoms with van der Waals surface area (Å²) in [5, 5.41) is 0.276. The molecule has 32 heavy (non-hydrogen) atoms. The third-order valence-electron chi connectivity index (χ3n) is 4.73. The highest BCUT2D eigenvalue weighted by molar-refractivity contribution is 5.84. The number of halogens is 3. The van der Waals surface area contributed by atoms with Crippen LogP contribution in [-0.4, -0.2) is 6.61 Å². The zero-order valence-electron chi connectivity index (χ0n) is 17.2. The lowest BCUT2D eigenvalue weighted by molar-refractivity contribution is 0.340. The standard InChI is InChI=1S/C28H17F3O/c1-2-32-24-14-11-21(12-15-24)8-7-19-3-5-20(6-4-19)9-10-22-13-16-25-23(17-22)18-26(29)28(31)27(25)30/h3-6,11-18H,2H2,1H3. The average molecular weight is 426 g/mol. The van der Waals surface area contributed by atoms with Crippen LogP contribution >= 0.6 is 0 Å². The molecule has 0 aliphatic carbocycles. The van der Waals surface area contributed by atoms with Crippen molar-refractivity contribution in [1.82, 2.24) is 0 Å². The molecule has 4 aromatic rings. The molecule has 0 radical (unpaired) electrons. The van der Waals surface area contributed by atoms with Crippen LogP contribution in [0, 0.1) is 41.1 Å². The molecule has 0 aromatic heterocycles. The van der Waals surface area contributed by atoms with E-state index in [1.807, 2.05) is 55.5 Å². The molecule has 0 amide bonds. The smallest absolute Gasteiger partial charge is 0.195 e. The number of rotatable bonds is 2. The second kappa shape index (κ2) is 9.33. The van der Waals surface area contributed by atoms with Gasteiger partial charge in [0.1, 0.15) is 5.75 Å². The van der Waals surface area contributed by atoms with E-state index in [4.69, 9.17) is 4.74 Å². The Morgan fingerprint density at radius 3 is 1.69 bits per heavy atom. The molecule has 0 atom stereocenters. The summed E-state index contributed by atoms with van der Waals surface area (Å²) in [4.78, 5) is 0. The summed E-state index contributed by atoms with van der Waals surface area (Å²) in [6, 6.07) is 20.5. The molecule has 4 aromatic carbocycles. The summed E-state index contributed by atoms with van der Waals surface area (Å²) in [6.45, 7) is 2.56. The van der Waals surface area contributed by atoms with Gasteiger partial charge in [-0.25, -0.2) is 13.2 Å². The van der Waals surface area contributed by atoms with Crippen LogP contribution in [0.5, 0.6) is 5.75 Å². The highest BCUT2D eigenvalue weighted by Gasteiger charge is 2.13. The van der Waals surface area contributed by atoms with E-state index in [1.54, 1.807) is 6.07 Å². The zero-order valence-corrected chi connectivity index (χ0v) is 17.2. The van der Waals surface area contributed by atoms with Crippen LogP contribution < -0.4 is 4.74 Å². The molecule has 4 heteroatoms. The van der Waals surface area contributed by atoms with Gasteiger partial charge >= 0.3 is 0 Å². The quantitative estimate of drug-likeness (QED) is 0.264. The van der Waals surface area contributed by atoms with Crippen molar-refractivity contribution in [2.45, 2.75) is 6.92 Å². The van der Waals surface area contributed by atoms with Crippen LogP contribution in [-0.2, 0) is 0 Å². The van der Waals surface area contributed by atoms with Gasteiger partial charge in [0.25, 0.3) is 0 Å². The second-order valence-corrected chi connectivity index (χ2v) is 6.96. The number of hydrogen-bond acceptors (Lipinski definition) is 1. The van der Waals surface area contributed by atoms with Crippen LogP contribution in [0.1, 0.15) is 29.2 Å². The van der Waals surface area contributed by atoms with Crippen molar-refractivity contribution in [1.29, 1.82) is 0 Å². The summed E-state index contributed by atoms with van der Waals surface area (Å²) >= 11 is 0. The van der Waals surface area contributed by atoms with Gasteiger partial charge in [0.05, 0.1) is 6.61 Å². The van der Waals surface area contributed by atoms with Gasteiger partial charge in [-0.3, -0.25) is 0 Å². The summed E-state index contributed by atoms with van der Waals surface area (Å²) in [5.41, 5.74) is 3.08. The third-order valence-corrected chi connectivity index (χ3v) is 4.73. The lowest BCUT2D eigenvalue weighted by Gasteiger charge is -2.02. The molecule has 1 nitrogen and oxygen atoms in total. The SMILES string of the molecule is CCOc1ccc(C#Cc2ccc(C#Cc3ccc4c(F)c(F)c(F)cc4c3)cc2)cc1. The minimum Gasteiger partial charge on any atom is -0.494 e. The van der Waals surface area contributed by atoms with Crippen LogP contribution in [0.2, 0.25) is 0 Å². The van der Waals surface area contributed by atoms with E-state index in [-0.39, 0.29) is 10.8 Å². The number of benzene rings is 4. The Labute approximate surface area is 184 Å². The van der Waals surface area contributed by atoms with Gasteiger partial charge in [-0.15, -0.1) is 0 Å². The van der Waals surface area contributed by atoms with Crippen LogP contribution in [0.3, 0.4) is 0 Å². The first-order chi connectivity index (χ1) is 15.5. The molecule has 0 aliphatic heterocycles. The molecule has 4 rings (SSSR count). The van der Waals surface area contributed by atoms with Gasteiger partial charge in [0.2, 0.25) is 0 Å². The first-order valence-electron chi connectivity index (χ1n) is 9.97. The van der Waals surface area contributed by atoms with E-state index in [0.29, 0.717) is 12.2 Å². The molecule has 0 saturated heterocycles. The Hall–Kier alpha value is -4.15. The van der Waals surface area contributed by atoms with Gasteiger partial charge in [-0.2, -0.15) is 0 Å². The Morgan fingerprint density at radius 2 is 1.12 bits per heavy atom. The maximum Gasteiger partial charge on any atom is 0.195 e. The minimum atomic E-state index is -1.47. The Morgan fingerprint density at radius 1 is 0.625 bits per heavy atom. The fraction of sp³-hybridized carbons (Fsp3) is 0.0714. The monoisotopic (exact) mass is 426 g/mol. The van der Waals surface area contributed by atoms with E-state index in [1.165, 1.54) is 12.1 Å². The maximum atomic E-state index is 13.8. The van der Waals surface area contributed by atoms with Gasteiger partial charge in [0.15, 0.2) is 17.5 Å². The molecule has 0 spiro atoms. The van der Waals surface area contributed by atoms with Crippen molar-refractivity contribution in [3.05, 3.63) is 113 Å². The van der Waals surface area contributed by atoms with Crippen LogP contribution in [0.25, 0.3) is 10.8 Å². The molecular weight excluding hydrogens is 409 g/mol.